The Balaban J connectivity index is 1.34. The molecule has 0 N–H and O–H groups in total. The van der Waals surface area contributed by atoms with Crippen LogP contribution in [0.25, 0.3) is 5.69 Å². The SMILES string of the molecule is Cc1cn(-c2ccc(C3=NOCC4C(OCc5ccccc5)CCCN34)cc2C)cn1. The predicted octanol–water partition coefficient (Wildman–Crippen LogP) is 4.23. The van der Waals surface area contributed by atoms with Crippen LogP contribution in [0.15, 0.2) is 66.2 Å². The molecular weight excluding hydrogens is 388 g/mol. The second kappa shape index (κ2) is 8.55. The minimum absolute atomic E-state index is 0.133. The molecule has 31 heavy (non-hydrogen) atoms. The average Bonchev–Trinajstić information content (AvgIpc) is 3.23. The van der Waals surface area contributed by atoms with Crippen molar-refractivity contribution < 1.29 is 9.57 Å². The van der Waals surface area contributed by atoms with Crippen molar-refractivity contribution >= 4 is 5.84 Å². The van der Waals surface area contributed by atoms with Gasteiger partial charge in [0.25, 0.3) is 0 Å². The summed E-state index contributed by atoms with van der Waals surface area (Å²) < 4.78 is 8.40. The molecule has 2 unspecified atom stereocenters. The van der Waals surface area contributed by atoms with Gasteiger partial charge in [0.2, 0.25) is 0 Å². The number of benzene rings is 2. The van der Waals surface area contributed by atoms with Gasteiger partial charge in [-0.2, -0.15) is 0 Å². The van der Waals surface area contributed by atoms with Crippen molar-refractivity contribution in [1.82, 2.24) is 14.5 Å². The molecule has 2 aliphatic rings. The largest absolute Gasteiger partial charge is 0.392 e. The van der Waals surface area contributed by atoms with Crippen LogP contribution in [0.3, 0.4) is 0 Å². The number of aryl methyl sites for hydroxylation is 2. The minimum Gasteiger partial charge on any atom is -0.392 e. The van der Waals surface area contributed by atoms with Gasteiger partial charge in [-0.15, -0.1) is 0 Å². The molecule has 3 heterocycles. The highest BCUT2D eigenvalue weighted by Crippen LogP contribution is 2.28. The van der Waals surface area contributed by atoms with Gasteiger partial charge in [0.05, 0.1) is 30.8 Å². The van der Waals surface area contributed by atoms with Crippen molar-refractivity contribution in [3.63, 3.8) is 0 Å². The number of ether oxygens (including phenoxy) is 1. The number of hydrogen-bond acceptors (Lipinski definition) is 5. The normalized spacial score (nSPS) is 20.7. The van der Waals surface area contributed by atoms with Gasteiger partial charge < -0.3 is 19.0 Å². The van der Waals surface area contributed by atoms with Crippen LogP contribution in [0, 0.1) is 13.8 Å². The van der Waals surface area contributed by atoms with E-state index in [1.807, 2.05) is 25.5 Å². The first-order valence-electron chi connectivity index (χ1n) is 10.9. The van der Waals surface area contributed by atoms with Crippen molar-refractivity contribution in [2.24, 2.45) is 5.16 Å². The summed E-state index contributed by atoms with van der Waals surface area (Å²) in [5, 5.41) is 4.45. The Kier molecular flexibility index (Phi) is 5.47. The molecule has 0 bridgehead atoms. The molecule has 0 saturated carbocycles. The third kappa shape index (κ3) is 4.08. The lowest BCUT2D eigenvalue weighted by molar-refractivity contribution is -0.0696. The van der Waals surface area contributed by atoms with E-state index >= 15 is 0 Å². The summed E-state index contributed by atoms with van der Waals surface area (Å²) in [6.07, 6.45) is 6.16. The Morgan fingerprint density at radius 3 is 2.77 bits per heavy atom. The van der Waals surface area contributed by atoms with Crippen LogP contribution in [0.4, 0.5) is 0 Å². The Labute approximate surface area is 183 Å². The van der Waals surface area contributed by atoms with Crippen LogP contribution in [0.5, 0.6) is 0 Å². The summed E-state index contributed by atoms with van der Waals surface area (Å²) in [4.78, 5) is 12.4. The van der Waals surface area contributed by atoms with E-state index in [1.165, 1.54) is 11.1 Å². The molecule has 2 aliphatic heterocycles. The first kappa shape index (κ1) is 19.8. The molecule has 1 aromatic heterocycles. The number of piperidine rings is 1. The molecule has 0 aliphatic carbocycles. The molecule has 3 aromatic rings. The van der Waals surface area contributed by atoms with Crippen LogP contribution in [-0.2, 0) is 16.2 Å². The smallest absolute Gasteiger partial charge is 0.175 e. The Bertz CT molecular complexity index is 1080. The van der Waals surface area contributed by atoms with Gasteiger partial charge in [0, 0.05) is 24.0 Å². The first-order valence-corrected chi connectivity index (χ1v) is 10.9. The molecule has 5 rings (SSSR count). The maximum Gasteiger partial charge on any atom is 0.175 e. The fourth-order valence-corrected chi connectivity index (χ4v) is 4.54. The average molecular weight is 417 g/mol. The molecule has 2 atom stereocenters. The molecule has 0 radical (unpaired) electrons. The lowest BCUT2D eigenvalue weighted by Crippen LogP contribution is -2.56. The maximum atomic E-state index is 6.34. The Hall–Kier alpha value is -3.12. The topological polar surface area (TPSA) is 51.9 Å². The molecule has 6 nitrogen and oxygen atoms in total. The molecular formula is C25H28N4O2. The predicted molar refractivity (Wildman–Crippen MR) is 120 cm³/mol. The first-order chi connectivity index (χ1) is 15.2. The van der Waals surface area contributed by atoms with Crippen molar-refractivity contribution in [3.05, 3.63) is 83.4 Å². The number of fused-ring (bicyclic) bond motifs is 1. The molecule has 160 valence electrons. The van der Waals surface area contributed by atoms with Crippen molar-refractivity contribution in [3.8, 4) is 5.69 Å². The van der Waals surface area contributed by atoms with Gasteiger partial charge in [-0.05, 0) is 56.0 Å². The zero-order chi connectivity index (χ0) is 21.2. The zero-order valence-electron chi connectivity index (χ0n) is 18.1. The minimum atomic E-state index is 0.133. The highest BCUT2D eigenvalue weighted by atomic mass is 16.6. The summed E-state index contributed by atoms with van der Waals surface area (Å²) in [5.41, 5.74) is 5.58. The van der Waals surface area contributed by atoms with Crippen LogP contribution in [0.1, 0.15) is 35.2 Å². The molecule has 6 heteroatoms. The van der Waals surface area contributed by atoms with Crippen molar-refractivity contribution in [2.45, 2.75) is 45.4 Å². The van der Waals surface area contributed by atoms with Gasteiger partial charge in [-0.1, -0.05) is 35.5 Å². The number of hydrogen-bond donors (Lipinski definition) is 0. The van der Waals surface area contributed by atoms with E-state index in [4.69, 9.17) is 9.57 Å². The fourth-order valence-electron chi connectivity index (χ4n) is 4.54. The molecule has 2 aromatic carbocycles. The monoisotopic (exact) mass is 416 g/mol. The zero-order valence-corrected chi connectivity index (χ0v) is 18.1. The quantitative estimate of drug-likeness (QED) is 0.625. The second-order valence-electron chi connectivity index (χ2n) is 8.37. The van der Waals surface area contributed by atoms with E-state index < -0.39 is 0 Å². The summed E-state index contributed by atoms with van der Waals surface area (Å²) in [6, 6.07) is 17.0. The number of nitrogens with zero attached hydrogens (tertiary/aromatic N) is 4. The summed E-state index contributed by atoms with van der Waals surface area (Å²) in [7, 11) is 0. The Morgan fingerprint density at radius 2 is 2.00 bits per heavy atom. The summed E-state index contributed by atoms with van der Waals surface area (Å²) in [5.74, 6) is 0.903. The van der Waals surface area contributed by atoms with E-state index in [1.54, 1.807) is 0 Å². The highest BCUT2D eigenvalue weighted by molar-refractivity contribution is 5.99. The highest BCUT2D eigenvalue weighted by Gasteiger charge is 2.37. The molecule has 0 spiro atoms. The maximum absolute atomic E-state index is 6.34. The van der Waals surface area contributed by atoms with Crippen LogP contribution in [0.2, 0.25) is 0 Å². The number of amidine groups is 1. The number of oxime groups is 1. The van der Waals surface area contributed by atoms with Crippen molar-refractivity contribution in [1.29, 1.82) is 0 Å². The molecule has 1 fully saturated rings. The van der Waals surface area contributed by atoms with E-state index in [0.29, 0.717) is 13.2 Å². The van der Waals surface area contributed by atoms with E-state index in [-0.39, 0.29) is 12.1 Å². The number of aromatic nitrogens is 2. The van der Waals surface area contributed by atoms with E-state index in [0.717, 1.165) is 42.2 Å². The van der Waals surface area contributed by atoms with Gasteiger partial charge >= 0.3 is 0 Å². The van der Waals surface area contributed by atoms with Crippen LogP contribution >= 0.6 is 0 Å². The Morgan fingerprint density at radius 1 is 1.13 bits per heavy atom. The lowest BCUT2D eigenvalue weighted by atomic mass is 9.96. The third-order valence-corrected chi connectivity index (χ3v) is 6.14. The number of rotatable bonds is 5. The van der Waals surface area contributed by atoms with Crippen LogP contribution in [-0.4, -0.2) is 45.6 Å². The molecule has 1 saturated heterocycles. The van der Waals surface area contributed by atoms with E-state index in [9.17, 15) is 0 Å². The van der Waals surface area contributed by atoms with Gasteiger partial charge in [0.1, 0.15) is 6.61 Å². The van der Waals surface area contributed by atoms with Gasteiger partial charge in [-0.25, -0.2) is 4.98 Å². The molecule has 0 amide bonds. The summed E-state index contributed by atoms with van der Waals surface area (Å²) >= 11 is 0. The second-order valence-corrected chi connectivity index (χ2v) is 8.37. The van der Waals surface area contributed by atoms with Crippen molar-refractivity contribution in [2.75, 3.05) is 13.2 Å². The standard InChI is InChI=1S/C25H28N4O2/c1-18-13-21(10-11-22(18)28-14-19(2)26-17-28)25-27-31-16-23-24(9-6-12-29(23)25)30-15-20-7-4-3-5-8-20/h3-5,7-8,10-11,13-14,17,23-24H,6,9,12,15-16H2,1-2H3. The van der Waals surface area contributed by atoms with Gasteiger partial charge in [-0.3, -0.25) is 0 Å². The number of imidazole rings is 1. The van der Waals surface area contributed by atoms with Gasteiger partial charge in [0.15, 0.2) is 5.84 Å². The van der Waals surface area contributed by atoms with E-state index in [2.05, 4.69) is 69.0 Å². The fraction of sp³-hybridized carbons (Fsp3) is 0.360. The third-order valence-electron chi connectivity index (χ3n) is 6.14. The van der Waals surface area contributed by atoms with Crippen LogP contribution < -0.4 is 0 Å². The lowest BCUT2D eigenvalue weighted by Gasteiger charge is -2.44. The summed E-state index contributed by atoms with van der Waals surface area (Å²) in [6.45, 7) is 6.29.